The Bertz CT molecular complexity index is 674. The van der Waals surface area contributed by atoms with Crippen LogP contribution in [0.15, 0.2) is 46.0 Å². The van der Waals surface area contributed by atoms with Crippen molar-refractivity contribution in [2.75, 3.05) is 11.8 Å². The molecule has 0 aliphatic rings. The zero-order valence-electron chi connectivity index (χ0n) is 9.87. The molecule has 0 aliphatic heterocycles. The second-order valence-electron chi connectivity index (χ2n) is 3.51. The summed E-state index contributed by atoms with van der Waals surface area (Å²) in [7, 11) is -2.23. The van der Waals surface area contributed by atoms with Crippen molar-refractivity contribution >= 4 is 31.8 Å². The number of ether oxygens (including phenoxy) is 1. The largest absolute Gasteiger partial charge is 0.481 e. The topological polar surface area (TPSA) is 81.2 Å². The van der Waals surface area contributed by atoms with E-state index in [-0.39, 0.29) is 16.6 Å². The Labute approximate surface area is 119 Å². The molecule has 2 rings (SSSR count). The van der Waals surface area contributed by atoms with Crippen molar-refractivity contribution in [2.24, 2.45) is 0 Å². The van der Waals surface area contributed by atoms with Crippen LogP contribution in [0.1, 0.15) is 0 Å². The molecule has 8 heteroatoms. The maximum Gasteiger partial charge on any atom is 0.263 e. The number of aromatic nitrogens is 2. The van der Waals surface area contributed by atoms with Gasteiger partial charge in [0.05, 0.1) is 12.0 Å². The Morgan fingerprint density at radius 2 is 1.89 bits per heavy atom. The summed E-state index contributed by atoms with van der Waals surface area (Å²) in [5.74, 6) is 0.429. The maximum absolute atomic E-state index is 12.1. The van der Waals surface area contributed by atoms with Crippen molar-refractivity contribution in [1.82, 2.24) is 9.97 Å². The van der Waals surface area contributed by atoms with Crippen molar-refractivity contribution < 1.29 is 13.2 Å². The number of rotatable bonds is 4. The minimum absolute atomic E-state index is 0.147. The van der Waals surface area contributed by atoms with Gasteiger partial charge in [-0.1, -0.05) is 15.9 Å². The van der Waals surface area contributed by atoms with E-state index in [1.165, 1.54) is 31.6 Å². The molecule has 1 aromatic heterocycles. The van der Waals surface area contributed by atoms with Gasteiger partial charge in [-0.25, -0.2) is 18.4 Å². The van der Waals surface area contributed by atoms with Crippen LogP contribution in [-0.4, -0.2) is 25.5 Å². The second-order valence-corrected chi connectivity index (χ2v) is 6.10. The molecule has 0 atom stereocenters. The summed E-state index contributed by atoms with van der Waals surface area (Å²) in [6.45, 7) is 0. The van der Waals surface area contributed by atoms with E-state index in [0.717, 1.165) is 4.47 Å². The van der Waals surface area contributed by atoms with Gasteiger partial charge in [0.25, 0.3) is 10.0 Å². The maximum atomic E-state index is 12.1. The first-order chi connectivity index (χ1) is 9.01. The van der Waals surface area contributed by atoms with Gasteiger partial charge in [0.2, 0.25) is 5.88 Å². The third-order valence-electron chi connectivity index (χ3n) is 2.21. The molecular weight excluding hydrogens is 334 g/mol. The summed E-state index contributed by atoms with van der Waals surface area (Å²) in [6, 6.07) is 7.68. The molecule has 2 aromatic rings. The number of hydrogen-bond acceptors (Lipinski definition) is 5. The monoisotopic (exact) mass is 343 g/mol. The Hall–Kier alpha value is -1.67. The lowest BCUT2D eigenvalue weighted by Crippen LogP contribution is -2.14. The van der Waals surface area contributed by atoms with Crippen LogP contribution in [0, 0.1) is 0 Å². The number of sulfonamides is 1. The molecule has 0 amide bonds. The molecule has 0 saturated heterocycles. The van der Waals surface area contributed by atoms with E-state index in [2.05, 4.69) is 30.6 Å². The Kier molecular flexibility index (Phi) is 4.01. The summed E-state index contributed by atoms with van der Waals surface area (Å²) in [4.78, 5) is 7.77. The highest BCUT2D eigenvalue weighted by Crippen LogP contribution is 2.18. The van der Waals surface area contributed by atoms with Gasteiger partial charge in [-0.3, -0.25) is 4.72 Å². The number of nitrogens with one attached hydrogen (secondary N) is 1. The van der Waals surface area contributed by atoms with Crippen molar-refractivity contribution in [1.29, 1.82) is 0 Å². The molecule has 0 unspecified atom stereocenters. The van der Waals surface area contributed by atoms with Gasteiger partial charge in [-0.15, -0.1) is 0 Å². The molecule has 1 N–H and O–H groups in total. The Balaban J connectivity index is 2.28. The lowest BCUT2D eigenvalue weighted by Gasteiger charge is -2.07. The van der Waals surface area contributed by atoms with E-state index < -0.39 is 10.0 Å². The smallest absolute Gasteiger partial charge is 0.263 e. The summed E-state index contributed by atoms with van der Waals surface area (Å²) in [5, 5.41) is 0. The van der Waals surface area contributed by atoms with Crippen LogP contribution >= 0.6 is 15.9 Å². The van der Waals surface area contributed by atoms with E-state index in [1.54, 1.807) is 12.1 Å². The van der Waals surface area contributed by atoms with Crippen molar-refractivity contribution in [3.63, 3.8) is 0 Å². The highest BCUT2D eigenvalue weighted by molar-refractivity contribution is 9.10. The molecule has 0 fully saturated rings. The molecule has 19 heavy (non-hydrogen) atoms. The quantitative estimate of drug-likeness (QED) is 0.918. The fourth-order valence-electron chi connectivity index (χ4n) is 1.32. The van der Waals surface area contributed by atoms with Gasteiger partial charge < -0.3 is 4.74 Å². The van der Waals surface area contributed by atoms with E-state index in [0.29, 0.717) is 0 Å². The third-order valence-corrected chi connectivity index (χ3v) is 4.11. The van der Waals surface area contributed by atoms with Crippen LogP contribution in [0.2, 0.25) is 0 Å². The lowest BCUT2D eigenvalue weighted by atomic mass is 10.4. The van der Waals surface area contributed by atoms with E-state index in [9.17, 15) is 8.42 Å². The molecule has 0 spiro atoms. The van der Waals surface area contributed by atoms with E-state index in [4.69, 9.17) is 4.74 Å². The van der Waals surface area contributed by atoms with Gasteiger partial charge in [0, 0.05) is 10.5 Å². The Morgan fingerprint density at radius 1 is 1.21 bits per heavy atom. The Morgan fingerprint density at radius 3 is 2.53 bits per heavy atom. The van der Waals surface area contributed by atoms with Crippen molar-refractivity contribution in [3.8, 4) is 5.88 Å². The number of anilines is 1. The minimum Gasteiger partial charge on any atom is -0.481 e. The van der Waals surface area contributed by atoms with Crippen molar-refractivity contribution in [3.05, 3.63) is 41.1 Å². The highest BCUT2D eigenvalue weighted by Gasteiger charge is 2.15. The first-order valence-electron chi connectivity index (χ1n) is 5.16. The molecular formula is C11H10BrN3O3S. The standard InChI is InChI=1S/C11H10BrN3O3S/c1-18-11-6-10(13-7-14-11)15-19(16,17)9-4-2-8(12)3-5-9/h2-7H,1H3,(H,13,14,15). The van der Waals surface area contributed by atoms with Gasteiger partial charge in [-0.05, 0) is 24.3 Å². The second kappa shape index (κ2) is 5.54. The zero-order valence-corrected chi connectivity index (χ0v) is 12.3. The summed E-state index contributed by atoms with van der Waals surface area (Å²) in [5.41, 5.74) is 0. The SMILES string of the molecule is COc1cc(NS(=O)(=O)c2ccc(Br)cc2)ncn1. The fourth-order valence-corrected chi connectivity index (χ4v) is 2.58. The number of halogens is 1. The molecule has 100 valence electrons. The molecule has 0 bridgehead atoms. The third kappa shape index (κ3) is 3.42. The predicted molar refractivity (Wildman–Crippen MR) is 73.5 cm³/mol. The van der Waals surface area contributed by atoms with Crippen molar-refractivity contribution in [2.45, 2.75) is 4.90 Å². The number of benzene rings is 1. The normalized spacial score (nSPS) is 11.1. The summed E-state index contributed by atoms with van der Waals surface area (Å²) in [6.07, 6.45) is 1.22. The fraction of sp³-hybridized carbons (Fsp3) is 0.0909. The minimum atomic E-state index is -3.67. The van der Waals surface area contributed by atoms with Crippen LogP contribution in [0.4, 0.5) is 5.82 Å². The van der Waals surface area contributed by atoms with E-state index >= 15 is 0 Å². The summed E-state index contributed by atoms with van der Waals surface area (Å²) >= 11 is 3.25. The molecule has 1 aromatic carbocycles. The summed E-state index contributed by atoms with van der Waals surface area (Å²) < 4.78 is 32.2. The molecule has 0 saturated carbocycles. The van der Waals surface area contributed by atoms with Gasteiger partial charge >= 0.3 is 0 Å². The molecule has 0 aliphatic carbocycles. The lowest BCUT2D eigenvalue weighted by molar-refractivity contribution is 0.397. The van der Waals surface area contributed by atoms with Gasteiger partial charge in [-0.2, -0.15) is 0 Å². The molecule has 6 nitrogen and oxygen atoms in total. The zero-order chi connectivity index (χ0) is 13.9. The average molecular weight is 344 g/mol. The predicted octanol–water partition coefficient (Wildman–Crippen LogP) is 2.05. The van der Waals surface area contributed by atoms with Crippen LogP contribution in [0.3, 0.4) is 0 Å². The highest BCUT2D eigenvalue weighted by atomic mass is 79.9. The number of hydrogen-bond donors (Lipinski definition) is 1. The number of methoxy groups -OCH3 is 1. The van der Waals surface area contributed by atoms with Crippen LogP contribution in [-0.2, 0) is 10.0 Å². The average Bonchev–Trinajstić information content (AvgIpc) is 2.39. The van der Waals surface area contributed by atoms with Crippen LogP contribution in [0.25, 0.3) is 0 Å². The van der Waals surface area contributed by atoms with Gasteiger partial charge in [0.1, 0.15) is 12.1 Å². The molecule has 0 radical (unpaired) electrons. The molecule has 1 heterocycles. The number of nitrogens with zero attached hydrogens (tertiary/aromatic N) is 2. The first-order valence-corrected chi connectivity index (χ1v) is 7.43. The van der Waals surface area contributed by atoms with Gasteiger partial charge in [0.15, 0.2) is 0 Å². The first kappa shape index (κ1) is 13.8. The van der Waals surface area contributed by atoms with Crippen LogP contribution < -0.4 is 9.46 Å². The van der Waals surface area contributed by atoms with Crippen LogP contribution in [0.5, 0.6) is 5.88 Å². The van der Waals surface area contributed by atoms with E-state index in [1.807, 2.05) is 0 Å².